The first kappa shape index (κ1) is 17.7. The molecule has 0 saturated carbocycles. The number of nitrogens with zero attached hydrogens (tertiary/aromatic N) is 2. The van der Waals surface area contributed by atoms with Gasteiger partial charge in [0.2, 0.25) is 0 Å². The van der Waals surface area contributed by atoms with Gasteiger partial charge in [0.05, 0.1) is 21.2 Å². The van der Waals surface area contributed by atoms with Gasteiger partial charge in [0.15, 0.2) is 10.9 Å². The quantitative estimate of drug-likeness (QED) is 0.216. The highest BCUT2D eigenvalue weighted by Crippen LogP contribution is 2.34. The number of thioether (sulfide) groups is 1. The van der Waals surface area contributed by atoms with Crippen LogP contribution in [0.15, 0.2) is 53.1 Å². The van der Waals surface area contributed by atoms with E-state index in [1.807, 2.05) is 48.7 Å². The van der Waals surface area contributed by atoms with Gasteiger partial charge < -0.3 is 0 Å². The van der Waals surface area contributed by atoms with Crippen LogP contribution in [0.3, 0.4) is 0 Å². The van der Waals surface area contributed by atoms with E-state index in [1.165, 1.54) is 23.1 Å². The van der Waals surface area contributed by atoms with Crippen LogP contribution in [-0.4, -0.2) is 21.5 Å². The number of aryl methyl sites for hydroxylation is 1. The number of halogens is 1. The third kappa shape index (κ3) is 3.55. The number of carbonyl (C=O) groups excluding carboxylic acids is 1. The maximum Gasteiger partial charge on any atom is 0.188 e. The summed E-state index contributed by atoms with van der Waals surface area (Å²) in [5.74, 6) is 0.407. The van der Waals surface area contributed by atoms with E-state index in [0.717, 1.165) is 31.1 Å². The van der Waals surface area contributed by atoms with E-state index in [0.29, 0.717) is 15.9 Å². The average Bonchev–Trinajstić information content (AvgIpc) is 3.29. The summed E-state index contributed by atoms with van der Waals surface area (Å²) in [5, 5.41) is 4.37. The topological polar surface area (TPSA) is 42.9 Å². The fraction of sp³-hybridized carbons (Fsp3) is 0.105. The van der Waals surface area contributed by atoms with Crippen LogP contribution in [-0.2, 0) is 0 Å². The van der Waals surface area contributed by atoms with Crippen LogP contribution in [0.5, 0.6) is 0 Å². The predicted octanol–water partition coefficient (Wildman–Crippen LogP) is 6.36. The molecule has 0 spiro atoms. The van der Waals surface area contributed by atoms with E-state index in [-0.39, 0.29) is 5.78 Å². The maximum absolute atomic E-state index is 12.7. The normalized spacial score (nSPS) is 11.2. The van der Waals surface area contributed by atoms with Gasteiger partial charge in [-0.1, -0.05) is 29.4 Å². The van der Waals surface area contributed by atoms with Crippen molar-refractivity contribution in [2.75, 3.05) is 5.75 Å². The van der Waals surface area contributed by atoms with Crippen LogP contribution >= 0.6 is 46.0 Å². The zero-order valence-electron chi connectivity index (χ0n) is 13.7. The smallest absolute Gasteiger partial charge is 0.188 e. The molecular formula is C19H13ClN2OS3. The highest BCUT2D eigenvalue weighted by molar-refractivity contribution is 7.99. The molecule has 0 aliphatic carbocycles. The maximum atomic E-state index is 12.7. The molecule has 1 aromatic carbocycles. The Bertz CT molecular complexity index is 1090. The Kier molecular flexibility index (Phi) is 5.09. The first-order valence-corrected chi connectivity index (χ1v) is 10.9. The summed E-state index contributed by atoms with van der Waals surface area (Å²) in [6.45, 7) is 1.97. The Morgan fingerprint density at radius 1 is 1.27 bits per heavy atom. The molecule has 3 heterocycles. The number of benzene rings is 1. The number of hydrogen-bond acceptors (Lipinski definition) is 6. The summed E-state index contributed by atoms with van der Waals surface area (Å²) in [6, 6.07) is 11.6. The van der Waals surface area contributed by atoms with Crippen molar-refractivity contribution >= 4 is 61.9 Å². The van der Waals surface area contributed by atoms with Gasteiger partial charge in [-0.05, 0) is 53.6 Å². The van der Waals surface area contributed by atoms with Crippen LogP contribution in [0.25, 0.3) is 20.7 Å². The standard InChI is InChI=1S/C19H13ClN2OS3/c1-11-13-9-12(20)4-5-16(13)26-18(11)15(23)10-25-19-21-7-6-14(22-19)17-3-2-8-24-17/h2-9H,10H2,1H3. The third-order valence-electron chi connectivity index (χ3n) is 3.89. The molecule has 0 radical (unpaired) electrons. The zero-order valence-corrected chi connectivity index (χ0v) is 16.9. The fourth-order valence-electron chi connectivity index (χ4n) is 2.63. The molecule has 0 N–H and O–H groups in total. The van der Waals surface area contributed by atoms with Gasteiger partial charge >= 0.3 is 0 Å². The predicted molar refractivity (Wildman–Crippen MR) is 112 cm³/mol. The van der Waals surface area contributed by atoms with Crippen LogP contribution in [0.4, 0.5) is 0 Å². The van der Waals surface area contributed by atoms with Gasteiger partial charge in [0.25, 0.3) is 0 Å². The van der Waals surface area contributed by atoms with Crippen molar-refractivity contribution in [2.45, 2.75) is 12.1 Å². The van der Waals surface area contributed by atoms with Crippen molar-refractivity contribution in [3.8, 4) is 10.6 Å². The van der Waals surface area contributed by atoms with Crippen molar-refractivity contribution in [2.24, 2.45) is 0 Å². The Labute approximate surface area is 168 Å². The SMILES string of the molecule is Cc1c(C(=O)CSc2nccc(-c3cccs3)n2)sc2ccc(Cl)cc12. The molecule has 0 bridgehead atoms. The summed E-state index contributed by atoms with van der Waals surface area (Å²) < 4.78 is 1.08. The highest BCUT2D eigenvalue weighted by atomic mass is 35.5. The molecule has 0 atom stereocenters. The van der Waals surface area contributed by atoms with E-state index in [2.05, 4.69) is 9.97 Å². The second-order valence-corrected chi connectivity index (χ2v) is 8.99. The summed E-state index contributed by atoms with van der Waals surface area (Å²) in [4.78, 5) is 23.4. The Hall–Kier alpha value is -1.73. The fourth-order valence-corrected chi connectivity index (χ4v) is 5.42. The van der Waals surface area contributed by atoms with Gasteiger partial charge in [-0.3, -0.25) is 4.79 Å². The van der Waals surface area contributed by atoms with Gasteiger partial charge in [-0.2, -0.15) is 0 Å². The molecule has 4 rings (SSSR count). The van der Waals surface area contributed by atoms with E-state index in [9.17, 15) is 4.79 Å². The van der Waals surface area contributed by atoms with Gasteiger partial charge in [-0.15, -0.1) is 22.7 Å². The first-order chi connectivity index (χ1) is 12.6. The molecule has 0 unspecified atom stereocenters. The molecular weight excluding hydrogens is 404 g/mol. The number of thiophene rings is 2. The Morgan fingerprint density at radius 3 is 2.96 bits per heavy atom. The number of Topliss-reactive ketones (excluding diaryl/α,β-unsaturated/α-hetero) is 1. The number of rotatable bonds is 5. The van der Waals surface area contributed by atoms with Gasteiger partial charge in [0, 0.05) is 15.9 Å². The lowest BCUT2D eigenvalue weighted by atomic mass is 10.1. The lowest BCUT2D eigenvalue weighted by Crippen LogP contribution is -2.02. The lowest BCUT2D eigenvalue weighted by Gasteiger charge is -2.02. The summed E-state index contributed by atoms with van der Waals surface area (Å²) in [7, 11) is 0. The minimum atomic E-state index is 0.0925. The van der Waals surface area contributed by atoms with E-state index in [1.54, 1.807) is 17.5 Å². The molecule has 0 aliphatic rings. The van der Waals surface area contributed by atoms with Crippen LogP contribution in [0, 0.1) is 6.92 Å². The van der Waals surface area contributed by atoms with Crippen LogP contribution in [0.2, 0.25) is 5.02 Å². The molecule has 26 heavy (non-hydrogen) atoms. The number of hydrogen-bond donors (Lipinski definition) is 0. The molecule has 0 aliphatic heterocycles. The molecule has 0 saturated heterocycles. The number of fused-ring (bicyclic) bond motifs is 1. The van der Waals surface area contributed by atoms with Gasteiger partial charge in [0.1, 0.15) is 0 Å². The molecule has 3 aromatic heterocycles. The van der Waals surface area contributed by atoms with Crippen LogP contribution < -0.4 is 0 Å². The monoisotopic (exact) mass is 416 g/mol. The van der Waals surface area contributed by atoms with Crippen molar-refractivity contribution in [1.29, 1.82) is 0 Å². The minimum absolute atomic E-state index is 0.0925. The number of carbonyl (C=O) groups is 1. The van der Waals surface area contributed by atoms with Crippen molar-refractivity contribution in [3.63, 3.8) is 0 Å². The number of ketones is 1. The molecule has 0 amide bonds. The largest absolute Gasteiger partial charge is 0.292 e. The average molecular weight is 417 g/mol. The number of aromatic nitrogens is 2. The van der Waals surface area contributed by atoms with E-state index >= 15 is 0 Å². The highest BCUT2D eigenvalue weighted by Gasteiger charge is 2.16. The second-order valence-electron chi connectivity index (χ2n) is 5.61. The van der Waals surface area contributed by atoms with E-state index in [4.69, 9.17) is 11.6 Å². The van der Waals surface area contributed by atoms with Gasteiger partial charge in [-0.25, -0.2) is 9.97 Å². The van der Waals surface area contributed by atoms with Crippen molar-refractivity contribution in [1.82, 2.24) is 9.97 Å². The Balaban J connectivity index is 1.53. The lowest BCUT2D eigenvalue weighted by molar-refractivity contribution is 0.102. The molecule has 7 heteroatoms. The molecule has 130 valence electrons. The molecule has 0 fully saturated rings. The van der Waals surface area contributed by atoms with Crippen LogP contribution in [0.1, 0.15) is 15.2 Å². The summed E-state index contributed by atoms with van der Waals surface area (Å²) >= 11 is 10.6. The second kappa shape index (κ2) is 7.48. The van der Waals surface area contributed by atoms with Crippen molar-refractivity contribution in [3.05, 3.63) is 63.4 Å². The third-order valence-corrected chi connectivity index (χ3v) is 7.19. The first-order valence-electron chi connectivity index (χ1n) is 7.83. The Morgan fingerprint density at radius 2 is 2.15 bits per heavy atom. The molecule has 4 aromatic rings. The zero-order chi connectivity index (χ0) is 18.1. The minimum Gasteiger partial charge on any atom is -0.292 e. The summed E-state index contributed by atoms with van der Waals surface area (Å²) in [6.07, 6.45) is 1.74. The molecule has 3 nitrogen and oxygen atoms in total. The van der Waals surface area contributed by atoms with E-state index < -0.39 is 0 Å². The van der Waals surface area contributed by atoms with Crippen molar-refractivity contribution < 1.29 is 4.79 Å². The summed E-state index contributed by atoms with van der Waals surface area (Å²) in [5.41, 5.74) is 1.88.